The van der Waals surface area contributed by atoms with Gasteiger partial charge in [-0.05, 0) is 36.2 Å². The van der Waals surface area contributed by atoms with Gasteiger partial charge in [-0.2, -0.15) is 0 Å². The molecule has 4 rings (SSSR count). The number of aryl methyl sites for hydroxylation is 1. The Morgan fingerprint density at radius 2 is 1.77 bits per heavy atom. The second-order valence-electron chi connectivity index (χ2n) is 7.06. The lowest BCUT2D eigenvalue weighted by Gasteiger charge is -2.25. The molecule has 0 unspecified atom stereocenters. The van der Waals surface area contributed by atoms with Crippen LogP contribution >= 0.6 is 11.6 Å². The van der Waals surface area contributed by atoms with Gasteiger partial charge in [-0.3, -0.25) is 9.59 Å². The molecule has 6 nitrogen and oxygen atoms in total. The van der Waals surface area contributed by atoms with Gasteiger partial charge in [0.15, 0.2) is 0 Å². The Balaban J connectivity index is 1.71. The minimum atomic E-state index is -0.682. The van der Waals surface area contributed by atoms with Crippen molar-refractivity contribution in [3.8, 4) is 0 Å². The highest BCUT2D eigenvalue weighted by atomic mass is 35.5. The number of carbonyl (C=O) groups is 2. The molecule has 1 saturated heterocycles. The molecule has 0 radical (unpaired) electrons. The van der Waals surface area contributed by atoms with E-state index in [4.69, 9.17) is 11.6 Å². The van der Waals surface area contributed by atoms with Crippen molar-refractivity contribution in [3.63, 3.8) is 0 Å². The van der Waals surface area contributed by atoms with Crippen molar-refractivity contribution in [3.05, 3.63) is 95.0 Å². The lowest BCUT2D eigenvalue weighted by atomic mass is 9.95. The van der Waals surface area contributed by atoms with Gasteiger partial charge < -0.3 is 14.6 Å². The summed E-state index contributed by atoms with van der Waals surface area (Å²) in [6.45, 7) is 1.04. The quantitative estimate of drug-likeness (QED) is 0.370. The number of hydrogen-bond acceptors (Lipinski definition) is 4. The van der Waals surface area contributed by atoms with Gasteiger partial charge in [0.2, 0.25) is 0 Å². The third-order valence-corrected chi connectivity index (χ3v) is 5.40. The molecule has 1 aliphatic rings. The minimum Gasteiger partial charge on any atom is -0.507 e. The van der Waals surface area contributed by atoms with E-state index in [-0.39, 0.29) is 11.3 Å². The Morgan fingerprint density at radius 1 is 1.03 bits per heavy atom. The highest BCUT2D eigenvalue weighted by Gasteiger charge is 2.45. The molecule has 2 aromatic carbocycles. The Hall–Kier alpha value is -3.38. The van der Waals surface area contributed by atoms with Gasteiger partial charge in [0, 0.05) is 36.1 Å². The average molecular weight is 422 g/mol. The van der Waals surface area contributed by atoms with Crippen molar-refractivity contribution in [1.82, 2.24) is 14.5 Å². The summed E-state index contributed by atoms with van der Waals surface area (Å²) < 4.78 is 1.92. The Labute approximate surface area is 179 Å². The largest absolute Gasteiger partial charge is 0.507 e. The number of halogens is 1. The molecule has 1 fully saturated rings. The summed E-state index contributed by atoms with van der Waals surface area (Å²) in [7, 11) is 0. The van der Waals surface area contributed by atoms with E-state index >= 15 is 0 Å². The normalized spacial score (nSPS) is 18.2. The number of benzene rings is 2. The smallest absolute Gasteiger partial charge is 0.295 e. The molecule has 30 heavy (non-hydrogen) atoms. The zero-order chi connectivity index (χ0) is 21.1. The van der Waals surface area contributed by atoms with Gasteiger partial charge in [0.1, 0.15) is 5.76 Å². The number of hydrogen-bond donors (Lipinski definition) is 1. The first-order chi connectivity index (χ1) is 14.6. The van der Waals surface area contributed by atoms with Crippen LogP contribution in [0.3, 0.4) is 0 Å². The summed E-state index contributed by atoms with van der Waals surface area (Å²) in [6.07, 6.45) is 5.91. The minimum absolute atomic E-state index is 0.0937. The molecule has 2 heterocycles. The maximum atomic E-state index is 12.9. The molecule has 152 valence electrons. The van der Waals surface area contributed by atoms with E-state index in [1.807, 2.05) is 41.1 Å². The number of aromatic nitrogens is 2. The van der Waals surface area contributed by atoms with E-state index in [9.17, 15) is 14.7 Å². The summed E-state index contributed by atoms with van der Waals surface area (Å²) in [4.78, 5) is 31.3. The number of aliphatic hydroxyl groups is 1. The van der Waals surface area contributed by atoms with Crippen molar-refractivity contribution < 1.29 is 14.7 Å². The average Bonchev–Trinajstić information content (AvgIpc) is 3.37. The molecule has 0 aliphatic carbocycles. The number of amides is 1. The number of nitrogens with zero attached hydrogens (tertiary/aromatic N) is 3. The lowest BCUT2D eigenvalue weighted by Crippen LogP contribution is -2.31. The standard InChI is InChI=1S/C23H20ClN3O3/c24-18-9-7-17(8-10-18)21(28)19-20(16-5-2-1-3-6-16)27(23(30)22(19)29)13-4-12-26-14-11-25-15-26/h1-3,5-11,14-15,20,28H,4,12-13H2/b21-19+/t20-/m1/s1. The van der Waals surface area contributed by atoms with Crippen molar-refractivity contribution in [2.75, 3.05) is 6.54 Å². The Bertz CT molecular complexity index is 1080. The third kappa shape index (κ3) is 3.86. The van der Waals surface area contributed by atoms with Crippen LogP contribution in [0.15, 0.2) is 78.9 Å². The number of aliphatic hydroxyl groups excluding tert-OH is 1. The predicted octanol–water partition coefficient (Wildman–Crippen LogP) is 4.05. The van der Waals surface area contributed by atoms with Gasteiger partial charge in [-0.1, -0.05) is 41.9 Å². The summed E-state index contributed by atoms with van der Waals surface area (Å²) in [5.41, 5.74) is 1.31. The Morgan fingerprint density at radius 3 is 2.43 bits per heavy atom. The molecule has 0 saturated carbocycles. The molecule has 1 aromatic heterocycles. The number of rotatable bonds is 6. The van der Waals surface area contributed by atoms with Crippen molar-refractivity contribution in [1.29, 1.82) is 0 Å². The number of likely N-dealkylation sites (tertiary alicyclic amines) is 1. The van der Waals surface area contributed by atoms with Gasteiger partial charge in [-0.15, -0.1) is 0 Å². The first-order valence-corrected chi connectivity index (χ1v) is 9.99. The zero-order valence-corrected chi connectivity index (χ0v) is 16.9. The molecule has 1 amide bonds. The SMILES string of the molecule is O=C1C(=O)N(CCCn2ccnc2)[C@H](c2ccccc2)/C1=C(\O)c1ccc(Cl)cc1. The summed E-state index contributed by atoms with van der Waals surface area (Å²) in [6, 6.07) is 15.2. The number of Topliss-reactive ketones (excluding diaryl/α,β-unsaturated/α-hetero) is 1. The molecule has 1 atom stereocenters. The molecular formula is C23H20ClN3O3. The predicted molar refractivity (Wildman–Crippen MR) is 114 cm³/mol. The molecular weight excluding hydrogens is 402 g/mol. The van der Waals surface area contributed by atoms with Crippen LogP contribution in [-0.4, -0.2) is 37.8 Å². The first kappa shape index (κ1) is 19.9. The molecule has 0 bridgehead atoms. The van der Waals surface area contributed by atoms with E-state index < -0.39 is 17.7 Å². The highest BCUT2D eigenvalue weighted by Crippen LogP contribution is 2.39. The van der Waals surface area contributed by atoms with Crippen LogP contribution in [0, 0.1) is 0 Å². The van der Waals surface area contributed by atoms with Gasteiger partial charge >= 0.3 is 0 Å². The maximum absolute atomic E-state index is 12.9. The van der Waals surface area contributed by atoms with Crippen LogP contribution in [0.4, 0.5) is 0 Å². The second-order valence-corrected chi connectivity index (χ2v) is 7.50. The van der Waals surface area contributed by atoms with Crippen LogP contribution in [0.25, 0.3) is 5.76 Å². The van der Waals surface area contributed by atoms with Crippen LogP contribution in [0.1, 0.15) is 23.6 Å². The van der Waals surface area contributed by atoms with E-state index in [2.05, 4.69) is 4.98 Å². The summed E-state index contributed by atoms with van der Waals surface area (Å²) in [5, 5.41) is 11.5. The first-order valence-electron chi connectivity index (χ1n) is 9.61. The lowest BCUT2D eigenvalue weighted by molar-refractivity contribution is -0.139. The van der Waals surface area contributed by atoms with Crippen LogP contribution in [-0.2, 0) is 16.1 Å². The van der Waals surface area contributed by atoms with Crippen molar-refractivity contribution in [2.24, 2.45) is 0 Å². The fraction of sp³-hybridized carbons (Fsp3) is 0.174. The van der Waals surface area contributed by atoms with E-state index in [0.29, 0.717) is 30.1 Å². The van der Waals surface area contributed by atoms with Crippen molar-refractivity contribution >= 4 is 29.1 Å². The molecule has 3 aromatic rings. The van der Waals surface area contributed by atoms with E-state index in [0.717, 1.165) is 5.56 Å². The van der Waals surface area contributed by atoms with Crippen molar-refractivity contribution in [2.45, 2.75) is 19.0 Å². The maximum Gasteiger partial charge on any atom is 0.295 e. The number of carbonyl (C=O) groups excluding carboxylic acids is 2. The fourth-order valence-corrected chi connectivity index (χ4v) is 3.82. The zero-order valence-electron chi connectivity index (χ0n) is 16.1. The highest BCUT2D eigenvalue weighted by molar-refractivity contribution is 6.46. The third-order valence-electron chi connectivity index (χ3n) is 5.15. The van der Waals surface area contributed by atoms with Gasteiger partial charge in [-0.25, -0.2) is 4.98 Å². The molecule has 1 N–H and O–H groups in total. The molecule has 7 heteroatoms. The molecule has 1 aliphatic heterocycles. The van der Waals surface area contributed by atoms with Gasteiger partial charge in [0.25, 0.3) is 11.7 Å². The topological polar surface area (TPSA) is 75.4 Å². The summed E-state index contributed by atoms with van der Waals surface area (Å²) in [5.74, 6) is -1.49. The number of imidazole rings is 1. The fourth-order valence-electron chi connectivity index (χ4n) is 3.70. The van der Waals surface area contributed by atoms with E-state index in [1.165, 1.54) is 4.90 Å². The summed E-state index contributed by atoms with van der Waals surface area (Å²) >= 11 is 5.94. The second kappa shape index (κ2) is 8.55. The molecule has 0 spiro atoms. The van der Waals surface area contributed by atoms with Crippen LogP contribution in [0.5, 0.6) is 0 Å². The Kier molecular flexibility index (Phi) is 5.68. The van der Waals surface area contributed by atoms with E-state index in [1.54, 1.807) is 36.8 Å². The van der Waals surface area contributed by atoms with Crippen LogP contribution in [0.2, 0.25) is 5.02 Å². The van der Waals surface area contributed by atoms with Crippen LogP contribution < -0.4 is 0 Å². The monoisotopic (exact) mass is 421 g/mol. The number of ketones is 1. The van der Waals surface area contributed by atoms with Gasteiger partial charge in [0.05, 0.1) is 17.9 Å².